The van der Waals surface area contributed by atoms with Crippen LogP contribution in [0.2, 0.25) is 0 Å². The van der Waals surface area contributed by atoms with Gasteiger partial charge in [0, 0.05) is 17.2 Å². The molecule has 2 aromatic rings. The third-order valence-corrected chi connectivity index (χ3v) is 3.59. The Hall–Kier alpha value is -1.66. The second-order valence-electron chi connectivity index (χ2n) is 4.74. The minimum atomic E-state index is -0.0765. The van der Waals surface area contributed by atoms with E-state index in [2.05, 4.69) is 38.5 Å². The Bertz CT molecular complexity index is 597. The van der Waals surface area contributed by atoms with Crippen molar-refractivity contribution >= 4 is 27.5 Å². The Morgan fingerprint density at radius 3 is 2.95 bits per heavy atom. The number of hydrogen-bond acceptors (Lipinski definition) is 3. The van der Waals surface area contributed by atoms with Crippen LogP contribution in [0.1, 0.15) is 19.0 Å². The fraction of sp³-hybridized carbons (Fsp3) is 0.333. The Morgan fingerprint density at radius 1 is 1.38 bits per heavy atom. The molecule has 21 heavy (non-hydrogen) atoms. The van der Waals surface area contributed by atoms with E-state index < -0.39 is 0 Å². The maximum atomic E-state index is 12.0. The molecular weight excluding hydrogens is 332 g/mol. The molecule has 112 valence electrons. The third kappa shape index (κ3) is 4.99. The summed E-state index contributed by atoms with van der Waals surface area (Å²) >= 11 is 3.41. The lowest BCUT2D eigenvalue weighted by molar-refractivity contribution is -0.116. The number of benzene rings is 1. The highest BCUT2D eigenvalue weighted by Gasteiger charge is 2.06. The molecule has 0 aliphatic carbocycles. The van der Waals surface area contributed by atoms with E-state index in [0.29, 0.717) is 0 Å². The summed E-state index contributed by atoms with van der Waals surface area (Å²) in [6.45, 7) is 4.07. The molecule has 6 heteroatoms. The van der Waals surface area contributed by atoms with E-state index in [1.165, 1.54) is 0 Å². The first kappa shape index (κ1) is 15.7. The van der Waals surface area contributed by atoms with Crippen LogP contribution in [0.15, 0.2) is 41.3 Å². The fourth-order valence-corrected chi connectivity index (χ4v) is 2.28. The molecule has 0 spiro atoms. The zero-order chi connectivity index (χ0) is 15.1. The lowest BCUT2D eigenvalue weighted by Crippen LogP contribution is -2.18. The highest BCUT2D eigenvalue weighted by Crippen LogP contribution is 2.21. The van der Waals surface area contributed by atoms with Gasteiger partial charge in [0.1, 0.15) is 6.54 Å². The van der Waals surface area contributed by atoms with Crippen LogP contribution in [-0.2, 0) is 17.9 Å². The number of amides is 1. The Morgan fingerprint density at radius 2 is 2.19 bits per heavy atom. The molecular formula is C15H19BrN4O. The first-order chi connectivity index (χ1) is 10.2. The zero-order valence-corrected chi connectivity index (χ0v) is 13.6. The Kier molecular flexibility index (Phi) is 5.95. The van der Waals surface area contributed by atoms with Gasteiger partial charge in [-0.25, -0.2) is 4.98 Å². The van der Waals surface area contributed by atoms with Gasteiger partial charge in [-0.2, -0.15) is 0 Å². The van der Waals surface area contributed by atoms with E-state index in [0.717, 1.165) is 35.4 Å². The SMILES string of the molecule is CCCNCc1cn(CC(=O)Nc2ccccc2Br)cn1. The van der Waals surface area contributed by atoms with Gasteiger partial charge in [-0.3, -0.25) is 4.79 Å². The van der Waals surface area contributed by atoms with Gasteiger partial charge < -0.3 is 15.2 Å². The van der Waals surface area contributed by atoms with Crippen molar-refractivity contribution < 1.29 is 4.79 Å². The molecule has 0 fully saturated rings. The van der Waals surface area contributed by atoms with Gasteiger partial charge in [0.15, 0.2) is 0 Å². The van der Waals surface area contributed by atoms with E-state index in [1.54, 1.807) is 10.9 Å². The van der Waals surface area contributed by atoms with Crippen molar-refractivity contribution in [2.45, 2.75) is 26.4 Å². The molecule has 0 aliphatic heterocycles. The van der Waals surface area contributed by atoms with E-state index in [9.17, 15) is 4.79 Å². The van der Waals surface area contributed by atoms with E-state index in [-0.39, 0.29) is 12.5 Å². The molecule has 0 bridgehead atoms. The topological polar surface area (TPSA) is 59.0 Å². The number of para-hydroxylation sites is 1. The summed E-state index contributed by atoms with van der Waals surface area (Å²) in [4.78, 5) is 16.3. The lowest BCUT2D eigenvalue weighted by Gasteiger charge is -2.07. The number of imidazole rings is 1. The highest BCUT2D eigenvalue weighted by atomic mass is 79.9. The molecule has 1 aromatic heterocycles. The first-order valence-electron chi connectivity index (χ1n) is 6.94. The third-order valence-electron chi connectivity index (χ3n) is 2.89. The minimum Gasteiger partial charge on any atom is -0.328 e. The van der Waals surface area contributed by atoms with Crippen LogP contribution in [-0.4, -0.2) is 22.0 Å². The van der Waals surface area contributed by atoms with E-state index in [1.807, 2.05) is 30.5 Å². The van der Waals surface area contributed by atoms with Gasteiger partial charge >= 0.3 is 0 Å². The molecule has 1 amide bonds. The zero-order valence-electron chi connectivity index (χ0n) is 12.0. The van der Waals surface area contributed by atoms with E-state index >= 15 is 0 Å². The van der Waals surface area contributed by atoms with Crippen LogP contribution in [0.5, 0.6) is 0 Å². The van der Waals surface area contributed by atoms with Crippen LogP contribution < -0.4 is 10.6 Å². The maximum Gasteiger partial charge on any atom is 0.244 e. The smallest absolute Gasteiger partial charge is 0.244 e. The van der Waals surface area contributed by atoms with Gasteiger partial charge in [-0.05, 0) is 41.0 Å². The summed E-state index contributed by atoms with van der Waals surface area (Å²) in [5.74, 6) is -0.0765. The van der Waals surface area contributed by atoms with Crippen molar-refractivity contribution in [3.63, 3.8) is 0 Å². The van der Waals surface area contributed by atoms with Crippen molar-refractivity contribution in [3.8, 4) is 0 Å². The Balaban J connectivity index is 1.87. The second-order valence-corrected chi connectivity index (χ2v) is 5.60. The molecule has 2 rings (SSSR count). The maximum absolute atomic E-state index is 12.0. The summed E-state index contributed by atoms with van der Waals surface area (Å²) in [6, 6.07) is 7.54. The van der Waals surface area contributed by atoms with Crippen LogP contribution in [0, 0.1) is 0 Å². The first-order valence-corrected chi connectivity index (χ1v) is 7.74. The van der Waals surface area contributed by atoms with Gasteiger partial charge in [0.25, 0.3) is 0 Å². The number of aromatic nitrogens is 2. The summed E-state index contributed by atoms with van der Waals surface area (Å²) in [7, 11) is 0. The molecule has 2 N–H and O–H groups in total. The van der Waals surface area contributed by atoms with Crippen LogP contribution in [0.3, 0.4) is 0 Å². The van der Waals surface area contributed by atoms with Gasteiger partial charge in [-0.1, -0.05) is 19.1 Å². The van der Waals surface area contributed by atoms with Gasteiger partial charge in [0.2, 0.25) is 5.91 Å². The molecule has 0 saturated heterocycles. The number of rotatable bonds is 7. The fourth-order valence-electron chi connectivity index (χ4n) is 1.90. The highest BCUT2D eigenvalue weighted by molar-refractivity contribution is 9.10. The monoisotopic (exact) mass is 350 g/mol. The standard InChI is InChI=1S/C15H19BrN4O/c1-2-7-17-8-12-9-20(11-18-12)10-15(21)19-14-6-4-3-5-13(14)16/h3-6,9,11,17H,2,7-8,10H2,1H3,(H,19,21). The minimum absolute atomic E-state index is 0.0765. The molecule has 0 unspecified atom stereocenters. The number of anilines is 1. The number of hydrogen-bond donors (Lipinski definition) is 2. The van der Waals surface area contributed by atoms with E-state index in [4.69, 9.17) is 0 Å². The number of nitrogens with zero attached hydrogens (tertiary/aromatic N) is 2. The van der Waals surface area contributed by atoms with Crippen LogP contribution >= 0.6 is 15.9 Å². The van der Waals surface area contributed by atoms with Crippen molar-refractivity contribution in [1.82, 2.24) is 14.9 Å². The van der Waals surface area contributed by atoms with Crippen molar-refractivity contribution in [2.24, 2.45) is 0 Å². The molecule has 0 aliphatic rings. The average molecular weight is 351 g/mol. The summed E-state index contributed by atoms with van der Waals surface area (Å²) < 4.78 is 2.66. The van der Waals surface area contributed by atoms with Gasteiger partial charge in [0.05, 0.1) is 17.7 Å². The van der Waals surface area contributed by atoms with Crippen molar-refractivity contribution in [1.29, 1.82) is 0 Å². The number of carbonyl (C=O) groups excluding carboxylic acids is 1. The van der Waals surface area contributed by atoms with Crippen LogP contribution in [0.25, 0.3) is 0 Å². The second kappa shape index (κ2) is 7.95. The summed E-state index contributed by atoms with van der Waals surface area (Å²) in [5.41, 5.74) is 1.71. The molecule has 1 aromatic carbocycles. The lowest BCUT2D eigenvalue weighted by atomic mass is 10.3. The average Bonchev–Trinajstić information content (AvgIpc) is 2.89. The molecule has 1 heterocycles. The number of halogens is 1. The predicted molar refractivity (Wildman–Crippen MR) is 87.0 cm³/mol. The summed E-state index contributed by atoms with van der Waals surface area (Å²) in [6.07, 6.45) is 4.67. The number of carbonyl (C=O) groups is 1. The molecule has 0 radical (unpaired) electrons. The van der Waals surface area contributed by atoms with Crippen molar-refractivity contribution in [3.05, 3.63) is 47.0 Å². The normalized spacial score (nSPS) is 10.6. The largest absolute Gasteiger partial charge is 0.328 e. The van der Waals surface area contributed by atoms with Crippen molar-refractivity contribution in [2.75, 3.05) is 11.9 Å². The Labute approximate surface area is 132 Å². The molecule has 0 atom stereocenters. The molecule has 0 saturated carbocycles. The molecule has 5 nitrogen and oxygen atoms in total. The summed E-state index contributed by atoms with van der Waals surface area (Å²) in [5, 5.41) is 6.15. The van der Waals surface area contributed by atoms with Gasteiger partial charge in [-0.15, -0.1) is 0 Å². The quantitative estimate of drug-likeness (QED) is 0.755. The number of nitrogens with one attached hydrogen (secondary N) is 2. The van der Waals surface area contributed by atoms with Crippen LogP contribution in [0.4, 0.5) is 5.69 Å². The predicted octanol–water partition coefficient (Wildman–Crippen LogP) is 2.78.